The van der Waals surface area contributed by atoms with Crippen LogP contribution in [0, 0.1) is 13.8 Å². The molecule has 5 rings (SSSR count). The number of carbonyl (C=O) groups excluding carboxylic acids is 2. The fraction of sp³-hybridized carbons (Fsp3) is 0.269. The number of aryl methyl sites for hydroxylation is 2. The number of thioether (sulfide) groups is 1. The van der Waals surface area contributed by atoms with E-state index in [0.29, 0.717) is 10.5 Å². The van der Waals surface area contributed by atoms with Crippen molar-refractivity contribution in [2.45, 2.75) is 46.1 Å². The molecule has 0 spiro atoms. The minimum absolute atomic E-state index is 0.219. The number of hydrogen-bond acceptors (Lipinski definition) is 5. The number of carboxylic acid groups (broad SMARTS) is 1. The fourth-order valence-electron chi connectivity index (χ4n) is 4.73. The Morgan fingerprint density at radius 3 is 2.57 bits per heavy atom. The molecule has 0 unspecified atom stereocenters. The van der Waals surface area contributed by atoms with Crippen LogP contribution in [0.3, 0.4) is 0 Å². The van der Waals surface area contributed by atoms with Crippen molar-refractivity contribution in [3.63, 3.8) is 0 Å². The number of carbonyl (C=O) groups is 3. The third-order valence-corrected chi connectivity index (χ3v) is 9.17. The van der Waals surface area contributed by atoms with E-state index in [9.17, 15) is 19.5 Å². The van der Waals surface area contributed by atoms with Crippen LogP contribution in [-0.4, -0.2) is 31.7 Å². The van der Waals surface area contributed by atoms with E-state index < -0.39 is 5.97 Å². The quantitative estimate of drug-likeness (QED) is 0.344. The van der Waals surface area contributed by atoms with Crippen LogP contribution >= 0.6 is 39.0 Å². The molecule has 0 radical (unpaired) electrons. The Balaban J connectivity index is 1.48. The molecule has 0 bridgehead atoms. The van der Waals surface area contributed by atoms with Crippen molar-refractivity contribution in [3.05, 3.63) is 78.2 Å². The van der Waals surface area contributed by atoms with Crippen molar-refractivity contribution in [2.24, 2.45) is 0 Å². The number of fused-ring (bicyclic) bond motifs is 1. The third-order valence-electron chi connectivity index (χ3n) is 6.45. The van der Waals surface area contributed by atoms with Gasteiger partial charge in [0.1, 0.15) is 5.00 Å². The molecule has 1 N–H and O–H groups in total. The number of rotatable bonds is 5. The molecule has 2 aromatic heterocycles. The summed E-state index contributed by atoms with van der Waals surface area (Å²) in [4.78, 5) is 40.7. The molecular weight excluding hydrogens is 548 g/mol. The summed E-state index contributed by atoms with van der Waals surface area (Å²) < 4.78 is 2.91. The Hall–Kier alpha value is -2.62. The van der Waals surface area contributed by atoms with Crippen molar-refractivity contribution in [1.29, 1.82) is 0 Å². The summed E-state index contributed by atoms with van der Waals surface area (Å²) in [6.07, 6.45) is 5.55. The maximum atomic E-state index is 13.1. The minimum Gasteiger partial charge on any atom is -0.478 e. The number of halogens is 1. The lowest BCUT2D eigenvalue weighted by molar-refractivity contribution is -0.123. The second-order valence-electron chi connectivity index (χ2n) is 8.75. The zero-order valence-electron chi connectivity index (χ0n) is 19.3. The lowest BCUT2D eigenvalue weighted by atomic mass is 9.95. The summed E-state index contributed by atoms with van der Waals surface area (Å²) in [6, 6.07) is 9.47. The molecule has 35 heavy (non-hydrogen) atoms. The summed E-state index contributed by atoms with van der Waals surface area (Å²) in [5.74, 6) is -1.21. The smallest absolute Gasteiger partial charge is 0.339 e. The molecule has 180 valence electrons. The molecule has 3 heterocycles. The Labute approximate surface area is 219 Å². The summed E-state index contributed by atoms with van der Waals surface area (Å²) >= 11 is 5.89. The highest BCUT2D eigenvalue weighted by atomic mass is 79.9. The number of benzene rings is 1. The predicted molar refractivity (Wildman–Crippen MR) is 142 cm³/mol. The molecule has 2 amide bonds. The first-order valence-corrected chi connectivity index (χ1v) is 13.7. The number of aromatic carboxylic acids is 1. The van der Waals surface area contributed by atoms with E-state index in [2.05, 4.69) is 15.9 Å². The van der Waals surface area contributed by atoms with Gasteiger partial charge in [-0.05, 0) is 92.3 Å². The van der Waals surface area contributed by atoms with Gasteiger partial charge in [-0.15, -0.1) is 11.3 Å². The first-order chi connectivity index (χ1) is 16.7. The lowest BCUT2D eigenvalue weighted by Crippen LogP contribution is -2.27. The van der Waals surface area contributed by atoms with Gasteiger partial charge >= 0.3 is 5.97 Å². The van der Waals surface area contributed by atoms with E-state index in [4.69, 9.17) is 0 Å². The molecule has 0 atom stereocenters. The number of hydrogen-bond donors (Lipinski definition) is 1. The van der Waals surface area contributed by atoms with Gasteiger partial charge in [0.2, 0.25) is 0 Å². The minimum atomic E-state index is -0.900. The highest BCUT2D eigenvalue weighted by Gasteiger charge is 2.35. The first kappa shape index (κ1) is 24.1. The molecule has 2 aliphatic rings. The molecule has 1 aliphatic heterocycles. The SMILES string of the molecule is Cc1cc(/C=C2\SC(=O)N(Cc3ccc(Br)cc3)C2=O)c(C)n1-c1sc2c(c1C(=O)O)CCCC2. The largest absolute Gasteiger partial charge is 0.478 e. The van der Waals surface area contributed by atoms with Gasteiger partial charge in [-0.25, -0.2) is 4.79 Å². The van der Waals surface area contributed by atoms with Crippen LogP contribution in [0.25, 0.3) is 11.1 Å². The molecule has 0 saturated carbocycles. The van der Waals surface area contributed by atoms with E-state index in [1.165, 1.54) is 4.90 Å². The Morgan fingerprint density at radius 1 is 1.14 bits per heavy atom. The fourth-order valence-corrected chi connectivity index (χ4v) is 7.31. The number of thiophene rings is 1. The molecule has 1 saturated heterocycles. The van der Waals surface area contributed by atoms with E-state index in [1.54, 1.807) is 17.4 Å². The molecule has 9 heteroatoms. The summed E-state index contributed by atoms with van der Waals surface area (Å²) in [5, 5.41) is 10.4. The summed E-state index contributed by atoms with van der Waals surface area (Å²) in [5.41, 5.74) is 4.78. The topological polar surface area (TPSA) is 79.6 Å². The maximum absolute atomic E-state index is 13.1. The molecule has 6 nitrogen and oxygen atoms in total. The second kappa shape index (κ2) is 9.44. The van der Waals surface area contributed by atoms with Gasteiger partial charge in [0.15, 0.2) is 0 Å². The Morgan fingerprint density at radius 2 is 1.86 bits per heavy atom. The molecule has 1 fully saturated rings. The summed E-state index contributed by atoms with van der Waals surface area (Å²) in [6.45, 7) is 4.08. The van der Waals surface area contributed by atoms with Crippen LogP contribution in [0.5, 0.6) is 0 Å². The van der Waals surface area contributed by atoms with Gasteiger partial charge in [0.25, 0.3) is 11.1 Å². The molecule has 1 aliphatic carbocycles. The number of aromatic nitrogens is 1. The van der Waals surface area contributed by atoms with Crippen LogP contribution in [0.15, 0.2) is 39.7 Å². The highest BCUT2D eigenvalue weighted by Crippen LogP contribution is 2.40. The molecular formula is C26H23BrN2O4S2. The van der Waals surface area contributed by atoms with Crippen LogP contribution < -0.4 is 0 Å². The number of amides is 2. The number of imide groups is 1. The van der Waals surface area contributed by atoms with E-state index >= 15 is 0 Å². The van der Waals surface area contributed by atoms with E-state index in [-0.39, 0.29) is 17.7 Å². The lowest BCUT2D eigenvalue weighted by Gasteiger charge is -2.12. The first-order valence-electron chi connectivity index (χ1n) is 11.3. The number of nitrogens with zero attached hydrogens (tertiary/aromatic N) is 2. The van der Waals surface area contributed by atoms with E-state index in [0.717, 1.165) is 79.9 Å². The van der Waals surface area contributed by atoms with Gasteiger partial charge in [-0.3, -0.25) is 14.5 Å². The zero-order chi connectivity index (χ0) is 24.9. The average molecular weight is 572 g/mol. The molecule has 3 aromatic rings. The van der Waals surface area contributed by atoms with Crippen molar-refractivity contribution < 1.29 is 19.5 Å². The van der Waals surface area contributed by atoms with Crippen LogP contribution in [0.2, 0.25) is 0 Å². The second-order valence-corrected chi connectivity index (χ2v) is 11.7. The highest BCUT2D eigenvalue weighted by molar-refractivity contribution is 9.10. The molecule has 1 aromatic carbocycles. The van der Waals surface area contributed by atoms with Crippen molar-refractivity contribution in [1.82, 2.24) is 9.47 Å². The average Bonchev–Trinajstić information content (AvgIpc) is 3.42. The normalized spacial score (nSPS) is 16.9. The monoisotopic (exact) mass is 570 g/mol. The van der Waals surface area contributed by atoms with Crippen LogP contribution in [0.1, 0.15) is 56.2 Å². The van der Waals surface area contributed by atoms with Gasteiger partial charge in [-0.2, -0.15) is 0 Å². The standard InChI is InChI=1S/C26H23BrN2O4S2/c1-14-11-17(12-21-23(30)28(26(33)35-21)13-16-7-9-18(27)10-8-16)15(2)29(14)24-22(25(31)32)19-5-3-4-6-20(19)34-24/h7-12H,3-6,13H2,1-2H3,(H,31,32)/b21-12-. The van der Waals surface area contributed by atoms with Crippen molar-refractivity contribution >= 4 is 62.2 Å². The van der Waals surface area contributed by atoms with E-state index in [1.807, 2.05) is 48.7 Å². The maximum Gasteiger partial charge on any atom is 0.339 e. The predicted octanol–water partition coefficient (Wildman–Crippen LogP) is 6.73. The van der Waals surface area contributed by atoms with Gasteiger partial charge in [0, 0.05) is 20.7 Å². The van der Waals surface area contributed by atoms with Crippen LogP contribution in [-0.2, 0) is 24.2 Å². The zero-order valence-corrected chi connectivity index (χ0v) is 22.5. The third kappa shape index (κ3) is 4.41. The van der Waals surface area contributed by atoms with Crippen molar-refractivity contribution in [3.8, 4) is 5.00 Å². The Kier molecular flexibility index (Phi) is 6.50. The Bertz CT molecular complexity index is 1400. The van der Waals surface area contributed by atoms with Crippen molar-refractivity contribution in [2.75, 3.05) is 0 Å². The van der Waals surface area contributed by atoms with Crippen LogP contribution in [0.4, 0.5) is 4.79 Å². The van der Waals surface area contributed by atoms with Gasteiger partial charge in [-0.1, -0.05) is 28.1 Å². The number of carboxylic acids is 1. The summed E-state index contributed by atoms with van der Waals surface area (Å²) in [7, 11) is 0. The van der Waals surface area contributed by atoms with Gasteiger partial charge < -0.3 is 9.67 Å². The van der Waals surface area contributed by atoms with Gasteiger partial charge in [0.05, 0.1) is 17.0 Å².